The topological polar surface area (TPSA) is 0 Å². The zero-order chi connectivity index (χ0) is 42.1. The largest absolute Gasteiger partial charge is 0.0622 e. The molecule has 0 aliphatic rings. The Morgan fingerprint density at radius 2 is 0.453 bits per heavy atom. The van der Waals surface area contributed by atoms with E-state index in [0.717, 1.165) is 0 Å². The van der Waals surface area contributed by atoms with Crippen molar-refractivity contribution in [1.82, 2.24) is 0 Å². The third kappa shape index (κ3) is 5.49. The van der Waals surface area contributed by atoms with Gasteiger partial charge >= 0.3 is 0 Å². The van der Waals surface area contributed by atoms with E-state index in [4.69, 9.17) is 0 Å². The number of benzene rings is 11. The Morgan fingerprint density at radius 3 is 0.766 bits per heavy atom. The van der Waals surface area contributed by atoms with E-state index in [9.17, 15) is 0 Å². The van der Waals surface area contributed by atoms with Crippen LogP contribution in [-0.2, 0) is 0 Å². The zero-order valence-electron chi connectivity index (χ0n) is 35.2. The van der Waals surface area contributed by atoms with Gasteiger partial charge in [0.1, 0.15) is 0 Å². The maximum absolute atomic E-state index is 2.45. The quantitative estimate of drug-likeness (QED) is 0.134. The average molecular weight is 811 g/mol. The molecule has 64 heavy (non-hydrogen) atoms. The normalized spacial score (nSPS) is 12.0. The highest BCUT2D eigenvalue weighted by Crippen LogP contribution is 2.57. The molecule has 0 N–H and O–H groups in total. The molecular weight excluding hydrogens is 769 g/mol. The van der Waals surface area contributed by atoms with Gasteiger partial charge in [0, 0.05) is 11.8 Å². The minimum absolute atomic E-state index is 0.0804. The van der Waals surface area contributed by atoms with Gasteiger partial charge in [0.15, 0.2) is 0 Å². The molecule has 0 saturated carbocycles. The van der Waals surface area contributed by atoms with E-state index < -0.39 is 0 Å². The summed E-state index contributed by atoms with van der Waals surface area (Å²) >= 11 is 0. The molecule has 0 nitrogen and oxygen atoms in total. The van der Waals surface area contributed by atoms with Crippen LogP contribution in [0, 0.1) is 0 Å². The summed E-state index contributed by atoms with van der Waals surface area (Å²) in [4.78, 5) is 0. The Balaban J connectivity index is 1.21. The molecule has 13 rings (SSSR count). The summed E-state index contributed by atoms with van der Waals surface area (Å²) in [5.74, 6) is 0.161. The fourth-order valence-corrected chi connectivity index (χ4v) is 11.5. The van der Waals surface area contributed by atoms with E-state index in [1.165, 1.54) is 120 Å². The van der Waals surface area contributed by atoms with Crippen molar-refractivity contribution in [2.24, 2.45) is 0 Å². The molecule has 0 aliphatic heterocycles. The molecule has 0 aliphatic carbocycles. The van der Waals surface area contributed by atoms with Crippen molar-refractivity contribution in [3.05, 3.63) is 276 Å². The Bertz CT molecular complexity index is 3390. The maximum atomic E-state index is 2.45. The molecule has 0 radical (unpaired) electrons. The first-order valence-electron chi connectivity index (χ1n) is 22.5. The van der Waals surface area contributed by atoms with Crippen molar-refractivity contribution in [2.45, 2.75) is 11.8 Å². The average Bonchev–Trinajstić information content (AvgIpc) is 3.88. The van der Waals surface area contributed by atoms with Crippen LogP contribution in [-0.4, -0.2) is 0 Å². The molecule has 0 unspecified atom stereocenters. The molecule has 0 bridgehead atoms. The second-order valence-electron chi connectivity index (χ2n) is 17.4. The Kier molecular flexibility index (Phi) is 8.46. The van der Waals surface area contributed by atoms with Crippen molar-refractivity contribution in [2.75, 3.05) is 0 Å². The smallest absolute Gasteiger partial charge is 0.0346 e. The number of hydrogen-bond donors (Lipinski definition) is 0. The van der Waals surface area contributed by atoms with Gasteiger partial charge in [-0.1, -0.05) is 243 Å². The molecule has 13 aromatic rings. The predicted molar refractivity (Wildman–Crippen MR) is 272 cm³/mol. The highest BCUT2D eigenvalue weighted by atomic mass is 14.3. The highest BCUT2D eigenvalue weighted by Gasteiger charge is 2.30. The van der Waals surface area contributed by atoms with E-state index in [1.54, 1.807) is 0 Å². The lowest BCUT2D eigenvalue weighted by atomic mass is 9.82. The van der Waals surface area contributed by atoms with Gasteiger partial charge in [-0.3, -0.25) is 0 Å². The summed E-state index contributed by atoms with van der Waals surface area (Å²) in [7, 11) is 0. The summed E-state index contributed by atoms with van der Waals surface area (Å²) in [5, 5.41) is 15.8. The van der Waals surface area contributed by atoms with Gasteiger partial charge in [-0.25, -0.2) is 0 Å². The monoisotopic (exact) mass is 810 g/mol. The second kappa shape index (κ2) is 14.8. The third-order valence-corrected chi connectivity index (χ3v) is 14.0. The van der Waals surface area contributed by atoms with Gasteiger partial charge in [0.25, 0.3) is 0 Å². The standard InChI is InChI=1S/C64H42/c1-7-21-41(22-8-1)55(42-23-9-2-10-24-42)49-37-39-53-59-47(49)33-19-35-51(59)61-57(45-29-15-5-16-30-45)62-52-36-20-34-48-50(56(43-25-11-3-12-26-43)44-27-13-4-14-28-44)38-40-54(60(48)52)64(62)58(63(53)61)46-31-17-6-18-32-46/h1-40,55-56H. The van der Waals surface area contributed by atoms with Crippen molar-refractivity contribution in [3.63, 3.8) is 0 Å². The summed E-state index contributed by atoms with van der Waals surface area (Å²) in [6.07, 6.45) is 0. The van der Waals surface area contributed by atoms with Crippen LogP contribution in [0.4, 0.5) is 0 Å². The fourth-order valence-electron chi connectivity index (χ4n) is 11.5. The summed E-state index contributed by atoms with van der Waals surface area (Å²) < 4.78 is 0. The van der Waals surface area contributed by atoms with Crippen molar-refractivity contribution >= 4 is 64.6 Å². The van der Waals surface area contributed by atoms with Crippen LogP contribution in [0.25, 0.3) is 86.9 Å². The first-order chi connectivity index (χ1) is 31.8. The van der Waals surface area contributed by atoms with Crippen LogP contribution in [0.1, 0.15) is 45.2 Å². The molecule has 0 fully saturated rings. The van der Waals surface area contributed by atoms with Crippen LogP contribution < -0.4 is 0 Å². The van der Waals surface area contributed by atoms with E-state index in [0.29, 0.717) is 0 Å². The van der Waals surface area contributed by atoms with Crippen molar-refractivity contribution in [1.29, 1.82) is 0 Å². The molecule has 0 heterocycles. The lowest BCUT2D eigenvalue weighted by Gasteiger charge is -2.21. The molecule has 0 atom stereocenters. The first kappa shape index (κ1) is 36.6. The molecule has 13 aromatic carbocycles. The summed E-state index contributed by atoms with van der Waals surface area (Å²) in [6.45, 7) is 0. The third-order valence-electron chi connectivity index (χ3n) is 14.0. The van der Waals surface area contributed by atoms with Gasteiger partial charge in [-0.15, -0.1) is 0 Å². The minimum Gasteiger partial charge on any atom is -0.0622 e. The Labute approximate surface area is 373 Å². The summed E-state index contributed by atoms with van der Waals surface area (Å²) in [5.41, 5.74) is 12.9. The molecule has 0 aromatic heterocycles. The van der Waals surface area contributed by atoms with Crippen LogP contribution in [0.2, 0.25) is 0 Å². The number of fused-ring (bicyclic) bond motifs is 6. The highest BCUT2D eigenvalue weighted by molar-refractivity contribution is 6.46. The molecule has 0 saturated heterocycles. The molecular formula is C64H42. The van der Waals surface area contributed by atoms with Crippen LogP contribution in [0.5, 0.6) is 0 Å². The summed E-state index contributed by atoms with van der Waals surface area (Å²) in [6, 6.07) is 90.4. The number of rotatable bonds is 8. The first-order valence-corrected chi connectivity index (χ1v) is 22.5. The van der Waals surface area contributed by atoms with Crippen LogP contribution >= 0.6 is 0 Å². The lowest BCUT2D eigenvalue weighted by molar-refractivity contribution is 0.990. The lowest BCUT2D eigenvalue weighted by Crippen LogP contribution is -2.04. The van der Waals surface area contributed by atoms with E-state index >= 15 is 0 Å². The van der Waals surface area contributed by atoms with Gasteiger partial charge in [-0.05, 0) is 120 Å². The SMILES string of the molecule is c1ccc(-c2c3c4cccc5c(C(c6ccccc6)c6ccccc6)ccc(c3c(-c3ccccc3)c3c6ccc(C(c7ccccc7)c7ccccc7)c7cccc(c23)c76)c54)cc1. The van der Waals surface area contributed by atoms with E-state index in [-0.39, 0.29) is 11.8 Å². The van der Waals surface area contributed by atoms with Gasteiger partial charge in [0.05, 0.1) is 0 Å². The van der Waals surface area contributed by atoms with E-state index in [1.807, 2.05) is 0 Å². The van der Waals surface area contributed by atoms with Gasteiger partial charge < -0.3 is 0 Å². The van der Waals surface area contributed by atoms with Crippen LogP contribution in [0.3, 0.4) is 0 Å². The van der Waals surface area contributed by atoms with E-state index in [2.05, 4.69) is 243 Å². The van der Waals surface area contributed by atoms with Crippen molar-refractivity contribution < 1.29 is 0 Å². The number of hydrogen-bond acceptors (Lipinski definition) is 0. The van der Waals surface area contributed by atoms with Gasteiger partial charge in [-0.2, -0.15) is 0 Å². The fraction of sp³-hybridized carbons (Fsp3) is 0.0312. The molecule has 0 heteroatoms. The maximum Gasteiger partial charge on any atom is 0.0346 e. The van der Waals surface area contributed by atoms with Crippen LogP contribution in [0.15, 0.2) is 243 Å². The van der Waals surface area contributed by atoms with Crippen molar-refractivity contribution in [3.8, 4) is 22.3 Å². The minimum atomic E-state index is 0.0804. The Hall–Kier alpha value is -8.06. The van der Waals surface area contributed by atoms with Gasteiger partial charge in [0.2, 0.25) is 0 Å². The predicted octanol–water partition coefficient (Wildman–Crippen LogP) is 17.2. The zero-order valence-corrected chi connectivity index (χ0v) is 35.2. The molecule has 0 spiro atoms. The molecule has 0 amide bonds. The second-order valence-corrected chi connectivity index (χ2v) is 17.4. The molecule has 298 valence electrons. The Morgan fingerprint density at radius 1 is 0.188 bits per heavy atom.